The summed E-state index contributed by atoms with van der Waals surface area (Å²) in [6, 6.07) is 5.21. The minimum Gasteiger partial charge on any atom is -0.493 e. The lowest BCUT2D eigenvalue weighted by Crippen LogP contribution is -2.20. The van der Waals surface area contributed by atoms with E-state index in [0.717, 1.165) is 18.2 Å². The molecule has 2 rings (SSSR count). The first-order chi connectivity index (χ1) is 14.1. The van der Waals surface area contributed by atoms with Gasteiger partial charge in [-0.25, -0.2) is 0 Å². The fourth-order valence-corrected chi connectivity index (χ4v) is 2.68. The molecule has 3 N–H and O–H groups in total. The molecule has 0 heterocycles. The summed E-state index contributed by atoms with van der Waals surface area (Å²) in [7, 11) is 1.28. The molecule has 0 aliphatic rings. The van der Waals surface area contributed by atoms with Gasteiger partial charge in [0.05, 0.1) is 30.0 Å². The summed E-state index contributed by atoms with van der Waals surface area (Å²) in [5.74, 6) is -1.43. The summed E-state index contributed by atoms with van der Waals surface area (Å²) in [5.41, 5.74) is 3.88. The van der Waals surface area contributed by atoms with Crippen LogP contribution < -0.4 is 25.3 Å². The summed E-state index contributed by atoms with van der Waals surface area (Å²) in [5, 5.41) is 2.32. The highest BCUT2D eigenvalue weighted by molar-refractivity contribution is 6.32. The molecule has 162 valence electrons. The van der Waals surface area contributed by atoms with Gasteiger partial charge in [0.1, 0.15) is 5.75 Å². The number of nitrogens with one attached hydrogen (secondary N) is 1. The fraction of sp³-hybridized carbons (Fsp3) is 0.263. The minimum absolute atomic E-state index is 0.0106. The van der Waals surface area contributed by atoms with E-state index in [1.807, 2.05) is 0 Å². The highest BCUT2D eigenvalue weighted by Crippen LogP contribution is 2.38. The molecule has 0 fully saturated rings. The summed E-state index contributed by atoms with van der Waals surface area (Å²) in [4.78, 5) is 23.6. The van der Waals surface area contributed by atoms with Gasteiger partial charge in [0, 0.05) is 5.56 Å². The van der Waals surface area contributed by atoms with Gasteiger partial charge in [0.2, 0.25) is 0 Å². The molecule has 0 atom stereocenters. The van der Waals surface area contributed by atoms with Crippen molar-refractivity contribution in [2.24, 2.45) is 5.73 Å². The normalized spacial score (nSPS) is 11.0. The third-order valence-corrected chi connectivity index (χ3v) is 3.99. The number of methoxy groups -OCH3 is 1. The van der Waals surface area contributed by atoms with Crippen LogP contribution >= 0.6 is 11.6 Å². The van der Waals surface area contributed by atoms with Crippen molar-refractivity contribution in [3.8, 4) is 17.2 Å². The number of benzene rings is 2. The molecule has 0 aromatic heterocycles. The van der Waals surface area contributed by atoms with Gasteiger partial charge < -0.3 is 25.3 Å². The van der Waals surface area contributed by atoms with E-state index in [1.54, 1.807) is 6.92 Å². The van der Waals surface area contributed by atoms with Gasteiger partial charge in [-0.2, -0.15) is 13.2 Å². The maximum atomic E-state index is 13.0. The Labute approximate surface area is 174 Å². The van der Waals surface area contributed by atoms with Crippen LogP contribution in [0.3, 0.4) is 0 Å². The van der Waals surface area contributed by atoms with Gasteiger partial charge in [0.25, 0.3) is 11.8 Å². The number of halogens is 4. The van der Waals surface area contributed by atoms with Gasteiger partial charge in [-0.3, -0.25) is 9.59 Å². The average molecular weight is 447 g/mol. The second-order valence-corrected chi connectivity index (χ2v) is 6.25. The van der Waals surface area contributed by atoms with Crippen molar-refractivity contribution in [1.82, 2.24) is 0 Å². The van der Waals surface area contributed by atoms with Crippen molar-refractivity contribution in [2.75, 3.05) is 25.6 Å². The number of hydrogen-bond acceptors (Lipinski definition) is 5. The van der Waals surface area contributed by atoms with Crippen LogP contribution in [-0.2, 0) is 11.0 Å². The highest BCUT2D eigenvalue weighted by Gasteiger charge is 2.31. The number of anilines is 1. The van der Waals surface area contributed by atoms with Crippen LogP contribution in [0.4, 0.5) is 18.9 Å². The molecule has 0 unspecified atom stereocenters. The number of carbonyl (C=O) groups excluding carboxylic acids is 2. The number of nitrogens with two attached hydrogens (primary N) is 1. The van der Waals surface area contributed by atoms with E-state index in [-0.39, 0.29) is 40.1 Å². The SMILES string of the molecule is CCOc1ccc(C(F)(F)F)cc1NC(=O)c1cc(Cl)c(OCC(N)=O)c(OC)c1. The number of rotatable bonds is 8. The summed E-state index contributed by atoms with van der Waals surface area (Å²) in [6.07, 6.45) is -4.60. The Morgan fingerprint density at radius 3 is 2.40 bits per heavy atom. The Morgan fingerprint density at radius 2 is 1.83 bits per heavy atom. The molecule has 0 spiro atoms. The summed E-state index contributed by atoms with van der Waals surface area (Å²) >= 11 is 6.10. The number of ether oxygens (including phenoxy) is 3. The number of amides is 2. The van der Waals surface area contributed by atoms with E-state index < -0.39 is 30.2 Å². The maximum Gasteiger partial charge on any atom is 0.416 e. The predicted molar refractivity (Wildman–Crippen MR) is 103 cm³/mol. The van der Waals surface area contributed by atoms with Crippen LogP contribution in [0, 0.1) is 0 Å². The van der Waals surface area contributed by atoms with Crippen LogP contribution in [0.15, 0.2) is 30.3 Å². The molecule has 11 heteroatoms. The Hall–Kier alpha value is -3.14. The quantitative estimate of drug-likeness (QED) is 0.641. The second-order valence-electron chi connectivity index (χ2n) is 5.84. The molecule has 2 amide bonds. The van der Waals surface area contributed by atoms with E-state index in [9.17, 15) is 22.8 Å². The number of hydrogen-bond donors (Lipinski definition) is 2. The lowest BCUT2D eigenvalue weighted by molar-refractivity contribution is -0.137. The van der Waals surface area contributed by atoms with Gasteiger partial charge in [-0.15, -0.1) is 0 Å². The predicted octanol–water partition coefficient (Wildman–Crippen LogP) is 3.88. The third-order valence-electron chi connectivity index (χ3n) is 3.71. The Morgan fingerprint density at radius 1 is 1.13 bits per heavy atom. The average Bonchev–Trinajstić information content (AvgIpc) is 2.66. The van der Waals surface area contributed by atoms with E-state index in [2.05, 4.69) is 5.32 Å². The first kappa shape index (κ1) is 23.1. The number of alkyl halides is 3. The summed E-state index contributed by atoms with van der Waals surface area (Å²) < 4.78 is 54.7. The molecule has 0 bridgehead atoms. The van der Waals surface area contributed by atoms with Gasteiger partial charge >= 0.3 is 6.18 Å². The molecular weight excluding hydrogens is 429 g/mol. The molecule has 0 saturated heterocycles. The lowest BCUT2D eigenvalue weighted by atomic mass is 10.1. The minimum atomic E-state index is -4.60. The van der Waals surface area contributed by atoms with Gasteiger partial charge in [-0.1, -0.05) is 11.6 Å². The van der Waals surface area contributed by atoms with E-state index in [0.29, 0.717) is 0 Å². The van der Waals surface area contributed by atoms with E-state index in [1.165, 1.54) is 19.2 Å². The molecule has 30 heavy (non-hydrogen) atoms. The smallest absolute Gasteiger partial charge is 0.416 e. The van der Waals surface area contributed by atoms with Crippen molar-refractivity contribution in [2.45, 2.75) is 13.1 Å². The standard InChI is InChI=1S/C19H18ClF3N2O5/c1-3-29-14-5-4-11(19(21,22)23)8-13(14)25-18(27)10-6-12(20)17(15(7-10)28-2)30-9-16(24)26/h4-8H,3,9H2,1-2H3,(H2,24,26)(H,25,27). The van der Waals surface area contributed by atoms with Crippen LogP contribution in [-0.4, -0.2) is 32.1 Å². The monoisotopic (exact) mass is 446 g/mol. The largest absolute Gasteiger partial charge is 0.493 e. The van der Waals surface area contributed by atoms with E-state index in [4.69, 9.17) is 31.5 Å². The van der Waals surface area contributed by atoms with Crippen LogP contribution in [0.5, 0.6) is 17.2 Å². The third kappa shape index (κ3) is 5.69. The zero-order valence-electron chi connectivity index (χ0n) is 15.9. The summed E-state index contributed by atoms with van der Waals surface area (Å²) in [6.45, 7) is 1.36. The Balaban J connectivity index is 2.37. The first-order valence-corrected chi connectivity index (χ1v) is 8.88. The van der Waals surface area contributed by atoms with Crippen molar-refractivity contribution in [1.29, 1.82) is 0 Å². The number of primary amides is 1. The molecule has 7 nitrogen and oxygen atoms in total. The van der Waals surface area contributed by atoms with Gasteiger partial charge in [-0.05, 0) is 37.3 Å². The maximum absolute atomic E-state index is 13.0. The van der Waals surface area contributed by atoms with Gasteiger partial charge in [0.15, 0.2) is 18.1 Å². The molecular formula is C19H18ClF3N2O5. The van der Waals surface area contributed by atoms with E-state index >= 15 is 0 Å². The molecule has 2 aromatic rings. The Bertz CT molecular complexity index is 950. The molecule has 0 aliphatic carbocycles. The van der Waals surface area contributed by atoms with Crippen LogP contribution in [0.1, 0.15) is 22.8 Å². The van der Waals surface area contributed by atoms with Crippen LogP contribution in [0.25, 0.3) is 0 Å². The molecule has 0 radical (unpaired) electrons. The van der Waals surface area contributed by atoms with Crippen molar-refractivity contribution < 1.29 is 37.0 Å². The van der Waals surface area contributed by atoms with Crippen LogP contribution in [0.2, 0.25) is 5.02 Å². The van der Waals surface area contributed by atoms with Crippen molar-refractivity contribution in [3.63, 3.8) is 0 Å². The number of carbonyl (C=O) groups is 2. The topological polar surface area (TPSA) is 99.9 Å². The lowest BCUT2D eigenvalue weighted by Gasteiger charge is -2.16. The van der Waals surface area contributed by atoms with Crippen molar-refractivity contribution >= 4 is 29.1 Å². The zero-order valence-corrected chi connectivity index (χ0v) is 16.7. The fourth-order valence-electron chi connectivity index (χ4n) is 2.41. The zero-order chi connectivity index (χ0) is 22.5. The second kappa shape index (κ2) is 9.57. The highest BCUT2D eigenvalue weighted by atomic mass is 35.5. The Kier molecular flexibility index (Phi) is 7.38. The molecule has 0 aliphatic heterocycles. The first-order valence-electron chi connectivity index (χ1n) is 8.50. The van der Waals surface area contributed by atoms with Crippen molar-refractivity contribution in [3.05, 3.63) is 46.5 Å². The molecule has 2 aromatic carbocycles. The molecule has 0 saturated carbocycles.